The Kier molecular flexibility index (Phi) is 5.20. The van der Waals surface area contributed by atoms with Crippen LogP contribution in [0.25, 0.3) is 0 Å². The van der Waals surface area contributed by atoms with Crippen LogP contribution in [0.1, 0.15) is 103 Å². The van der Waals surface area contributed by atoms with Gasteiger partial charge in [0, 0.05) is 24.2 Å². The maximum atomic E-state index is 6.94. The third kappa shape index (κ3) is 3.25. The summed E-state index contributed by atoms with van der Waals surface area (Å²) in [5.41, 5.74) is 6.91. The molecule has 0 aromatic carbocycles. The zero-order valence-electron chi connectivity index (χ0n) is 21.6. The Hall–Kier alpha value is -0.680. The highest BCUT2D eigenvalue weighted by Crippen LogP contribution is 2.59. The first-order chi connectivity index (χ1) is 17.2. The number of allylic oxidation sites excluding steroid dienone is 2. The van der Waals surface area contributed by atoms with E-state index >= 15 is 0 Å². The Morgan fingerprint density at radius 2 is 1.23 bits per heavy atom. The normalized spacial score (nSPS) is 49.4. The lowest BCUT2D eigenvalue weighted by Crippen LogP contribution is -2.65. The van der Waals surface area contributed by atoms with Crippen molar-refractivity contribution in [3.8, 4) is 0 Å². The highest BCUT2D eigenvalue weighted by atomic mass is 16.7. The van der Waals surface area contributed by atoms with Gasteiger partial charge in [-0.25, -0.2) is 0 Å². The first-order valence-electron chi connectivity index (χ1n) is 15.2. The monoisotopic (exact) mass is 480 g/mol. The van der Waals surface area contributed by atoms with E-state index in [0.29, 0.717) is 23.7 Å². The highest BCUT2D eigenvalue weighted by molar-refractivity contribution is 5.31. The second kappa shape index (κ2) is 8.16. The Bertz CT molecular complexity index is 928. The molecular formula is C31H44O4. The van der Waals surface area contributed by atoms with Crippen LogP contribution in [0.15, 0.2) is 22.3 Å². The predicted octanol–water partition coefficient (Wildman–Crippen LogP) is 6.84. The SMILES string of the molecule is C1CCC2=C(C1)C[C@H]1CCC[C@@H]2C12OCC1(COC3(C[C@@H]4CCC[C@H]3C3=C4CCCC3)OC1)CO2. The van der Waals surface area contributed by atoms with Crippen LogP contribution in [-0.2, 0) is 18.9 Å². The minimum absolute atomic E-state index is 0.138. The van der Waals surface area contributed by atoms with Gasteiger partial charge in [-0.05, 0) is 89.4 Å². The van der Waals surface area contributed by atoms with Crippen molar-refractivity contribution < 1.29 is 18.9 Å². The van der Waals surface area contributed by atoms with Gasteiger partial charge in [-0.2, -0.15) is 0 Å². The van der Waals surface area contributed by atoms with Gasteiger partial charge in [0.1, 0.15) is 0 Å². The van der Waals surface area contributed by atoms with E-state index in [1.165, 1.54) is 96.3 Å². The molecule has 4 fully saturated rings. The van der Waals surface area contributed by atoms with Gasteiger partial charge in [0.05, 0.1) is 31.8 Å². The fourth-order valence-corrected chi connectivity index (χ4v) is 9.96. The van der Waals surface area contributed by atoms with Crippen LogP contribution in [-0.4, -0.2) is 38.0 Å². The smallest absolute Gasteiger partial charge is 0.177 e. The van der Waals surface area contributed by atoms with Crippen LogP contribution in [0.5, 0.6) is 0 Å². The standard InChI is InChI=1S/C31H44O4/c1-2-11-25-21(7-1)15-23-9-6-14-28(25)31(23)34-19-29(20-35-31)17-32-30(33-18-29)16-22-8-5-13-27(30)26-12-4-3-10-24(22)26/h22-23,27-28H,1-20H2/t22-,23+,27-,28-,29?,30?,31?/m0/s1. The summed E-state index contributed by atoms with van der Waals surface area (Å²) in [4.78, 5) is 0. The largest absolute Gasteiger partial charge is 0.348 e. The zero-order valence-corrected chi connectivity index (χ0v) is 21.6. The molecule has 0 aromatic heterocycles. The van der Waals surface area contributed by atoms with Gasteiger partial charge in [-0.15, -0.1) is 0 Å². The molecule has 192 valence electrons. The maximum Gasteiger partial charge on any atom is 0.177 e. The van der Waals surface area contributed by atoms with E-state index in [0.717, 1.165) is 32.8 Å². The summed E-state index contributed by atoms with van der Waals surface area (Å²) in [6, 6.07) is 0. The molecule has 9 aliphatic rings. The van der Waals surface area contributed by atoms with Crippen LogP contribution < -0.4 is 0 Å². The van der Waals surface area contributed by atoms with Crippen molar-refractivity contribution in [1.29, 1.82) is 0 Å². The van der Waals surface area contributed by atoms with Crippen molar-refractivity contribution in [2.24, 2.45) is 29.1 Å². The summed E-state index contributed by atoms with van der Waals surface area (Å²) >= 11 is 0. The molecule has 3 spiro atoms. The summed E-state index contributed by atoms with van der Waals surface area (Å²) in [7, 11) is 0. The summed E-state index contributed by atoms with van der Waals surface area (Å²) in [6.45, 7) is 2.94. The second-order valence-corrected chi connectivity index (χ2v) is 13.6. The van der Waals surface area contributed by atoms with E-state index in [-0.39, 0.29) is 17.0 Å². The average molecular weight is 481 g/mol. The zero-order chi connectivity index (χ0) is 23.1. The molecule has 0 N–H and O–H groups in total. The molecule has 4 atom stereocenters. The van der Waals surface area contributed by atoms with Crippen molar-refractivity contribution >= 4 is 0 Å². The minimum Gasteiger partial charge on any atom is -0.348 e. The molecule has 0 radical (unpaired) electrons. The molecule has 35 heavy (non-hydrogen) atoms. The van der Waals surface area contributed by atoms with Crippen molar-refractivity contribution in [2.45, 2.75) is 114 Å². The molecule has 4 heteroatoms. The lowest BCUT2D eigenvalue weighted by Gasteiger charge is -2.60. The molecular weight excluding hydrogens is 436 g/mol. The molecule has 2 heterocycles. The van der Waals surface area contributed by atoms with Gasteiger partial charge in [0.2, 0.25) is 0 Å². The first kappa shape index (κ1) is 22.3. The highest BCUT2D eigenvalue weighted by Gasteiger charge is 2.61. The fourth-order valence-electron chi connectivity index (χ4n) is 9.96. The van der Waals surface area contributed by atoms with Crippen molar-refractivity contribution in [2.75, 3.05) is 26.4 Å². The molecule has 0 unspecified atom stereocenters. The Morgan fingerprint density at radius 1 is 0.571 bits per heavy atom. The first-order valence-corrected chi connectivity index (χ1v) is 15.2. The van der Waals surface area contributed by atoms with Gasteiger partial charge in [0.25, 0.3) is 0 Å². The molecule has 2 saturated carbocycles. The van der Waals surface area contributed by atoms with Gasteiger partial charge in [0.15, 0.2) is 11.6 Å². The average Bonchev–Trinajstić information content (AvgIpc) is 3.19. The van der Waals surface area contributed by atoms with E-state index in [9.17, 15) is 0 Å². The van der Waals surface area contributed by atoms with Gasteiger partial charge in [-0.3, -0.25) is 0 Å². The Balaban J connectivity index is 1.01. The molecule has 7 aliphatic carbocycles. The van der Waals surface area contributed by atoms with Gasteiger partial charge >= 0.3 is 0 Å². The molecule has 9 rings (SSSR count). The molecule has 4 bridgehead atoms. The topological polar surface area (TPSA) is 36.9 Å². The second-order valence-electron chi connectivity index (χ2n) is 13.6. The van der Waals surface area contributed by atoms with Crippen molar-refractivity contribution in [1.82, 2.24) is 0 Å². The van der Waals surface area contributed by atoms with E-state index in [1.807, 2.05) is 5.57 Å². The van der Waals surface area contributed by atoms with Crippen molar-refractivity contribution in [3.63, 3.8) is 0 Å². The van der Waals surface area contributed by atoms with Crippen molar-refractivity contribution in [3.05, 3.63) is 22.3 Å². The summed E-state index contributed by atoms with van der Waals surface area (Å²) in [6.07, 6.45) is 20.8. The van der Waals surface area contributed by atoms with E-state index in [1.54, 1.807) is 16.7 Å². The van der Waals surface area contributed by atoms with Gasteiger partial charge < -0.3 is 18.9 Å². The summed E-state index contributed by atoms with van der Waals surface area (Å²) < 4.78 is 27.7. The number of hydrogen-bond acceptors (Lipinski definition) is 4. The lowest BCUT2D eigenvalue weighted by atomic mass is 9.61. The summed E-state index contributed by atoms with van der Waals surface area (Å²) in [5.74, 6) is 1.48. The number of ether oxygens (including phenoxy) is 4. The van der Waals surface area contributed by atoms with Crippen LogP contribution in [0.4, 0.5) is 0 Å². The van der Waals surface area contributed by atoms with Crippen LogP contribution in [0.2, 0.25) is 0 Å². The number of rotatable bonds is 0. The van der Waals surface area contributed by atoms with Crippen LogP contribution >= 0.6 is 0 Å². The van der Waals surface area contributed by atoms with Crippen LogP contribution in [0.3, 0.4) is 0 Å². The summed E-state index contributed by atoms with van der Waals surface area (Å²) in [5, 5.41) is 0. The predicted molar refractivity (Wildman–Crippen MR) is 134 cm³/mol. The number of fused-ring (bicyclic) bond motifs is 3. The molecule has 2 saturated heterocycles. The Labute approximate surface area is 211 Å². The quantitative estimate of drug-likeness (QED) is 0.356. The molecule has 4 nitrogen and oxygen atoms in total. The third-order valence-corrected chi connectivity index (χ3v) is 11.7. The lowest BCUT2D eigenvalue weighted by molar-refractivity contribution is -0.400. The maximum absolute atomic E-state index is 6.94. The molecule has 0 amide bonds. The molecule has 2 aliphatic heterocycles. The third-order valence-electron chi connectivity index (χ3n) is 11.7. The van der Waals surface area contributed by atoms with Gasteiger partial charge in [-0.1, -0.05) is 35.1 Å². The molecule has 0 aromatic rings. The van der Waals surface area contributed by atoms with E-state index < -0.39 is 0 Å². The van der Waals surface area contributed by atoms with E-state index in [2.05, 4.69) is 0 Å². The fraction of sp³-hybridized carbons (Fsp3) is 0.871. The number of hydrogen-bond donors (Lipinski definition) is 0. The van der Waals surface area contributed by atoms with Crippen LogP contribution in [0, 0.1) is 29.1 Å². The van der Waals surface area contributed by atoms with E-state index in [4.69, 9.17) is 18.9 Å². The Morgan fingerprint density at radius 3 is 2.06 bits per heavy atom. The minimum atomic E-state index is -0.374.